The number of halogens is 4. The summed E-state index contributed by atoms with van der Waals surface area (Å²) in [5, 5.41) is 9.95. The molecule has 0 aliphatic carbocycles. The molecule has 1 aromatic heterocycles. The van der Waals surface area contributed by atoms with Gasteiger partial charge in [0.1, 0.15) is 11.6 Å². The molecule has 1 aromatic carbocycles. The van der Waals surface area contributed by atoms with Gasteiger partial charge in [-0.2, -0.15) is 0 Å². The van der Waals surface area contributed by atoms with Gasteiger partial charge in [0.2, 0.25) is 0 Å². The topological polar surface area (TPSA) is 33.1 Å². The van der Waals surface area contributed by atoms with Crippen LogP contribution >= 0.6 is 31.9 Å². The van der Waals surface area contributed by atoms with Gasteiger partial charge in [-0.1, -0.05) is 15.9 Å². The summed E-state index contributed by atoms with van der Waals surface area (Å²) >= 11 is 6.23. The van der Waals surface area contributed by atoms with Crippen LogP contribution in [-0.2, 0) is 6.42 Å². The fourth-order valence-electron chi connectivity index (χ4n) is 1.70. The lowest BCUT2D eigenvalue weighted by Gasteiger charge is -2.13. The summed E-state index contributed by atoms with van der Waals surface area (Å²) in [6, 6.07) is 5.68. The van der Waals surface area contributed by atoms with Gasteiger partial charge in [-0.05, 0) is 40.2 Å². The van der Waals surface area contributed by atoms with E-state index in [9.17, 15) is 13.9 Å². The zero-order chi connectivity index (χ0) is 14.0. The molecule has 2 nitrogen and oxygen atoms in total. The summed E-state index contributed by atoms with van der Waals surface area (Å²) in [5.41, 5.74) is 0.213. The predicted molar refractivity (Wildman–Crippen MR) is 74.7 cm³/mol. The van der Waals surface area contributed by atoms with Crippen molar-refractivity contribution in [1.29, 1.82) is 0 Å². The Morgan fingerprint density at radius 2 is 1.74 bits per heavy atom. The van der Waals surface area contributed by atoms with Crippen LogP contribution in [0.25, 0.3) is 0 Å². The van der Waals surface area contributed by atoms with Crippen molar-refractivity contribution < 1.29 is 13.9 Å². The maximum atomic E-state index is 13.7. The van der Waals surface area contributed by atoms with E-state index >= 15 is 0 Å². The van der Waals surface area contributed by atoms with Crippen molar-refractivity contribution in [2.45, 2.75) is 12.5 Å². The summed E-state index contributed by atoms with van der Waals surface area (Å²) in [7, 11) is 0. The molecule has 6 heteroatoms. The first-order valence-electron chi connectivity index (χ1n) is 5.40. The van der Waals surface area contributed by atoms with Crippen molar-refractivity contribution >= 4 is 31.9 Å². The Labute approximate surface area is 125 Å². The molecule has 0 spiro atoms. The van der Waals surface area contributed by atoms with Gasteiger partial charge in [0.15, 0.2) is 0 Å². The molecule has 0 bridgehead atoms. The van der Waals surface area contributed by atoms with Crippen LogP contribution in [0.5, 0.6) is 0 Å². The second-order valence-corrected chi connectivity index (χ2v) is 5.80. The SMILES string of the molecule is OC(Cc1ccc(Br)cn1)c1c(F)cc(Br)cc1F. The molecule has 0 amide bonds. The zero-order valence-corrected chi connectivity index (χ0v) is 12.7. The van der Waals surface area contributed by atoms with Crippen molar-refractivity contribution in [3.8, 4) is 0 Å². The smallest absolute Gasteiger partial charge is 0.133 e. The quantitative estimate of drug-likeness (QED) is 0.850. The largest absolute Gasteiger partial charge is 0.388 e. The first kappa shape index (κ1) is 14.6. The maximum Gasteiger partial charge on any atom is 0.133 e. The molecule has 1 heterocycles. The van der Waals surface area contributed by atoms with Crippen LogP contribution < -0.4 is 0 Å². The van der Waals surface area contributed by atoms with Crippen LogP contribution in [0.3, 0.4) is 0 Å². The molecule has 19 heavy (non-hydrogen) atoms. The van der Waals surface area contributed by atoms with E-state index in [2.05, 4.69) is 36.8 Å². The first-order valence-corrected chi connectivity index (χ1v) is 6.99. The second-order valence-electron chi connectivity index (χ2n) is 3.97. The molecular weight excluding hydrogens is 384 g/mol. The maximum absolute atomic E-state index is 13.7. The third kappa shape index (κ3) is 3.58. The van der Waals surface area contributed by atoms with Gasteiger partial charge in [0.25, 0.3) is 0 Å². The first-order chi connectivity index (χ1) is 8.97. The Kier molecular flexibility index (Phi) is 4.65. The number of benzene rings is 1. The van der Waals surface area contributed by atoms with Crippen LogP contribution in [0.15, 0.2) is 39.4 Å². The number of pyridine rings is 1. The van der Waals surface area contributed by atoms with E-state index in [4.69, 9.17) is 0 Å². The number of aliphatic hydroxyl groups is 1. The minimum atomic E-state index is -1.28. The van der Waals surface area contributed by atoms with Gasteiger partial charge in [-0.3, -0.25) is 4.98 Å². The Bertz CT molecular complexity index is 567. The average Bonchev–Trinajstić information content (AvgIpc) is 2.30. The predicted octanol–water partition coefficient (Wildman–Crippen LogP) is 4.16. The number of aromatic nitrogens is 1. The third-order valence-electron chi connectivity index (χ3n) is 2.57. The highest BCUT2D eigenvalue weighted by Crippen LogP contribution is 2.27. The van der Waals surface area contributed by atoms with E-state index < -0.39 is 17.7 Å². The Hall–Kier alpha value is -0.850. The van der Waals surface area contributed by atoms with E-state index in [1.165, 1.54) is 0 Å². The number of nitrogens with zero attached hydrogens (tertiary/aromatic N) is 1. The monoisotopic (exact) mass is 391 g/mol. The molecule has 0 aliphatic heterocycles. The molecule has 2 rings (SSSR count). The Balaban J connectivity index is 2.25. The summed E-state index contributed by atoms with van der Waals surface area (Å²) < 4.78 is 28.4. The molecule has 0 aliphatic rings. The molecule has 100 valence electrons. The van der Waals surface area contributed by atoms with Crippen molar-refractivity contribution in [2.24, 2.45) is 0 Å². The molecule has 1 atom stereocenters. The highest BCUT2D eigenvalue weighted by atomic mass is 79.9. The minimum absolute atomic E-state index is 0.0444. The van der Waals surface area contributed by atoms with Gasteiger partial charge < -0.3 is 5.11 Å². The zero-order valence-electron chi connectivity index (χ0n) is 9.58. The van der Waals surface area contributed by atoms with E-state index in [1.807, 2.05) is 0 Å². The van der Waals surface area contributed by atoms with Gasteiger partial charge in [0, 0.05) is 27.3 Å². The molecule has 0 saturated heterocycles. The number of hydrogen-bond acceptors (Lipinski definition) is 2. The molecular formula is C13H9Br2F2NO. The van der Waals surface area contributed by atoms with E-state index in [0.717, 1.165) is 16.6 Å². The number of rotatable bonds is 3. The molecule has 0 radical (unpaired) electrons. The number of hydrogen-bond donors (Lipinski definition) is 1. The van der Waals surface area contributed by atoms with Crippen LogP contribution in [0.4, 0.5) is 8.78 Å². The Morgan fingerprint density at radius 1 is 1.11 bits per heavy atom. The van der Waals surface area contributed by atoms with Crippen LogP contribution in [0.1, 0.15) is 17.4 Å². The van der Waals surface area contributed by atoms with E-state index in [0.29, 0.717) is 10.2 Å². The van der Waals surface area contributed by atoms with Crippen LogP contribution in [0.2, 0.25) is 0 Å². The van der Waals surface area contributed by atoms with Gasteiger partial charge in [-0.25, -0.2) is 8.78 Å². The van der Waals surface area contributed by atoms with Crippen molar-refractivity contribution in [2.75, 3.05) is 0 Å². The Morgan fingerprint density at radius 3 is 2.26 bits per heavy atom. The van der Waals surface area contributed by atoms with Crippen molar-refractivity contribution in [3.63, 3.8) is 0 Å². The summed E-state index contributed by atoms with van der Waals surface area (Å²) in [6.45, 7) is 0. The molecule has 1 N–H and O–H groups in total. The van der Waals surface area contributed by atoms with Gasteiger partial charge in [0.05, 0.1) is 11.7 Å². The molecule has 0 fully saturated rings. The third-order valence-corrected chi connectivity index (χ3v) is 3.50. The van der Waals surface area contributed by atoms with Crippen molar-refractivity contribution in [1.82, 2.24) is 4.98 Å². The molecule has 2 aromatic rings. The molecule has 1 unspecified atom stereocenters. The fourth-order valence-corrected chi connectivity index (χ4v) is 2.34. The van der Waals surface area contributed by atoms with Crippen LogP contribution in [0, 0.1) is 11.6 Å². The second kappa shape index (κ2) is 6.07. The van der Waals surface area contributed by atoms with Gasteiger partial charge in [-0.15, -0.1) is 0 Å². The average molecular weight is 393 g/mol. The van der Waals surface area contributed by atoms with E-state index in [-0.39, 0.29) is 12.0 Å². The fraction of sp³-hybridized carbons (Fsp3) is 0.154. The summed E-state index contributed by atoms with van der Waals surface area (Å²) in [6.07, 6.45) is 0.334. The van der Waals surface area contributed by atoms with Crippen LogP contribution in [-0.4, -0.2) is 10.1 Å². The molecule has 0 saturated carbocycles. The lowest BCUT2D eigenvalue weighted by Crippen LogP contribution is -2.08. The lowest BCUT2D eigenvalue weighted by atomic mass is 10.0. The highest BCUT2D eigenvalue weighted by molar-refractivity contribution is 9.10. The standard InChI is InChI=1S/C13H9Br2F2NO/c14-7-1-2-9(18-6-7)5-12(19)13-10(16)3-8(15)4-11(13)17/h1-4,6,12,19H,5H2. The number of aliphatic hydroxyl groups excluding tert-OH is 1. The lowest BCUT2D eigenvalue weighted by molar-refractivity contribution is 0.167. The van der Waals surface area contributed by atoms with Crippen molar-refractivity contribution in [3.05, 3.63) is 62.3 Å². The minimum Gasteiger partial charge on any atom is -0.388 e. The summed E-state index contributed by atoms with van der Waals surface area (Å²) in [5.74, 6) is -1.56. The van der Waals surface area contributed by atoms with E-state index in [1.54, 1.807) is 18.3 Å². The summed E-state index contributed by atoms with van der Waals surface area (Å²) in [4.78, 5) is 4.06. The van der Waals surface area contributed by atoms with Gasteiger partial charge >= 0.3 is 0 Å². The normalized spacial score (nSPS) is 12.5. The highest BCUT2D eigenvalue weighted by Gasteiger charge is 2.19.